The van der Waals surface area contributed by atoms with Crippen molar-refractivity contribution in [3.63, 3.8) is 0 Å². The standard InChI is InChI=1S/C35H40ClN3O3/c1-24-11-16-31(36)33(20-24)42-19-7-10-27-12-14-28(15-13-27)30-21-29-22-39(25(2)40)23-32(37-29)34(30)35(41)38(3)18-17-26-8-5-4-6-9-26/h4-6,8-9,11-16,20,29,32,37H,7,10,17-19,21-23H2,1-3H3/t29?,32-/m1/s1. The van der Waals surface area contributed by atoms with Crippen LogP contribution in [0, 0.1) is 6.92 Å². The van der Waals surface area contributed by atoms with Crippen LogP contribution < -0.4 is 10.1 Å². The van der Waals surface area contributed by atoms with Crippen molar-refractivity contribution in [2.45, 2.75) is 51.6 Å². The summed E-state index contributed by atoms with van der Waals surface area (Å²) >= 11 is 6.26. The molecule has 42 heavy (non-hydrogen) atoms. The largest absolute Gasteiger partial charge is 0.492 e. The quantitative estimate of drug-likeness (QED) is 0.310. The third-order valence-corrected chi connectivity index (χ3v) is 8.57. The van der Waals surface area contributed by atoms with Gasteiger partial charge in [-0.2, -0.15) is 0 Å². The van der Waals surface area contributed by atoms with Crippen LogP contribution in [0.15, 0.2) is 78.4 Å². The maximum Gasteiger partial charge on any atom is 0.251 e. The Morgan fingerprint density at radius 3 is 2.48 bits per heavy atom. The molecule has 1 saturated heterocycles. The molecule has 2 bridgehead atoms. The zero-order valence-corrected chi connectivity index (χ0v) is 25.5. The summed E-state index contributed by atoms with van der Waals surface area (Å²) in [6, 6.07) is 24.6. The molecule has 6 nitrogen and oxygen atoms in total. The topological polar surface area (TPSA) is 61.9 Å². The third kappa shape index (κ3) is 7.23. The SMILES string of the molecule is CC(=O)N1CC2CC(c3ccc(CCCOc4cc(C)ccc4Cl)cc3)=C(C(=O)N(C)CCc3ccccc3)[C@@H](C1)N2. The monoisotopic (exact) mass is 585 g/mol. The Labute approximate surface area is 254 Å². The Morgan fingerprint density at radius 2 is 1.74 bits per heavy atom. The van der Waals surface area contributed by atoms with Gasteiger partial charge in [-0.05, 0) is 72.6 Å². The van der Waals surface area contributed by atoms with E-state index in [4.69, 9.17) is 16.3 Å². The van der Waals surface area contributed by atoms with Crippen molar-refractivity contribution in [3.05, 3.63) is 106 Å². The van der Waals surface area contributed by atoms with Crippen molar-refractivity contribution in [3.8, 4) is 5.75 Å². The number of ether oxygens (including phenoxy) is 1. The average Bonchev–Trinajstić information content (AvgIpc) is 2.99. The normalized spacial score (nSPS) is 18.1. The van der Waals surface area contributed by atoms with Crippen LogP contribution >= 0.6 is 11.6 Å². The van der Waals surface area contributed by atoms with Crippen LogP contribution in [0.3, 0.4) is 0 Å². The number of piperazine rings is 1. The van der Waals surface area contributed by atoms with Crippen LogP contribution in [0.4, 0.5) is 0 Å². The highest BCUT2D eigenvalue weighted by Gasteiger charge is 2.39. The summed E-state index contributed by atoms with van der Waals surface area (Å²) in [5.74, 6) is 0.806. The van der Waals surface area contributed by atoms with Crippen LogP contribution in [0.25, 0.3) is 5.57 Å². The zero-order chi connectivity index (χ0) is 29.6. The lowest BCUT2D eigenvalue weighted by molar-refractivity contribution is -0.132. The fourth-order valence-electron chi connectivity index (χ4n) is 5.93. The van der Waals surface area contributed by atoms with Crippen LogP contribution in [-0.4, -0.2) is 67.0 Å². The maximum atomic E-state index is 14.0. The molecule has 0 saturated carbocycles. The first-order valence-electron chi connectivity index (χ1n) is 14.8. The van der Waals surface area contributed by atoms with E-state index in [0.717, 1.165) is 47.3 Å². The van der Waals surface area contributed by atoms with Gasteiger partial charge in [-0.15, -0.1) is 0 Å². The van der Waals surface area contributed by atoms with Gasteiger partial charge < -0.3 is 19.9 Å². The van der Waals surface area contributed by atoms with Gasteiger partial charge in [0.2, 0.25) is 5.91 Å². The number of nitrogens with one attached hydrogen (secondary N) is 1. The molecule has 0 radical (unpaired) electrons. The second-order valence-electron chi connectivity index (χ2n) is 11.5. The number of carbonyl (C=O) groups is 2. The van der Waals surface area contributed by atoms with Gasteiger partial charge in [-0.1, -0.05) is 72.3 Å². The van der Waals surface area contributed by atoms with Gasteiger partial charge in [-0.25, -0.2) is 0 Å². The Kier molecular flexibility index (Phi) is 9.65. The van der Waals surface area contributed by atoms with E-state index < -0.39 is 0 Å². The number of amides is 2. The first-order valence-corrected chi connectivity index (χ1v) is 15.2. The van der Waals surface area contributed by atoms with Crippen molar-refractivity contribution in [1.29, 1.82) is 0 Å². The molecule has 3 aromatic rings. The molecule has 1 unspecified atom stereocenters. The summed E-state index contributed by atoms with van der Waals surface area (Å²) in [6.45, 7) is 6.01. The predicted octanol–water partition coefficient (Wildman–Crippen LogP) is 5.71. The molecule has 2 atom stereocenters. The van der Waals surface area contributed by atoms with Gasteiger partial charge in [0.25, 0.3) is 5.91 Å². The van der Waals surface area contributed by atoms with Crippen molar-refractivity contribution in [2.24, 2.45) is 0 Å². The van der Waals surface area contributed by atoms with Gasteiger partial charge in [0.1, 0.15) is 5.75 Å². The lowest BCUT2D eigenvalue weighted by Crippen LogP contribution is -2.61. The predicted molar refractivity (Wildman–Crippen MR) is 169 cm³/mol. The van der Waals surface area contributed by atoms with Crippen molar-refractivity contribution < 1.29 is 14.3 Å². The van der Waals surface area contributed by atoms with E-state index in [-0.39, 0.29) is 23.9 Å². The zero-order valence-electron chi connectivity index (χ0n) is 24.7. The molecule has 0 spiro atoms. The highest BCUT2D eigenvalue weighted by atomic mass is 35.5. The smallest absolute Gasteiger partial charge is 0.251 e. The van der Waals surface area contributed by atoms with E-state index in [0.29, 0.717) is 37.7 Å². The summed E-state index contributed by atoms with van der Waals surface area (Å²) < 4.78 is 5.92. The van der Waals surface area contributed by atoms with E-state index in [2.05, 4.69) is 41.7 Å². The summed E-state index contributed by atoms with van der Waals surface area (Å²) in [5.41, 5.74) is 6.50. The lowest BCUT2D eigenvalue weighted by Gasteiger charge is -2.44. The molecule has 2 aliphatic rings. The first kappa shape index (κ1) is 29.9. The minimum absolute atomic E-state index is 0.0262. The molecule has 2 amide bonds. The van der Waals surface area contributed by atoms with Gasteiger partial charge in [-0.3, -0.25) is 9.59 Å². The molecular formula is C35H40ClN3O3. The second-order valence-corrected chi connectivity index (χ2v) is 11.9. The minimum atomic E-state index is -0.187. The summed E-state index contributed by atoms with van der Waals surface area (Å²) in [7, 11) is 1.88. The number of hydrogen-bond donors (Lipinski definition) is 1. The molecule has 1 N–H and O–H groups in total. The van der Waals surface area contributed by atoms with Crippen molar-refractivity contribution in [1.82, 2.24) is 15.1 Å². The summed E-state index contributed by atoms with van der Waals surface area (Å²) in [4.78, 5) is 30.0. The molecule has 220 valence electrons. The second kappa shape index (κ2) is 13.6. The highest BCUT2D eigenvalue weighted by Crippen LogP contribution is 2.34. The van der Waals surface area contributed by atoms with E-state index >= 15 is 0 Å². The van der Waals surface area contributed by atoms with Gasteiger partial charge in [0.05, 0.1) is 17.7 Å². The van der Waals surface area contributed by atoms with Crippen molar-refractivity contribution in [2.75, 3.05) is 33.3 Å². The van der Waals surface area contributed by atoms with Gasteiger partial charge in [0.15, 0.2) is 0 Å². The van der Waals surface area contributed by atoms with Crippen LogP contribution in [0.1, 0.15) is 42.0 Å². The van der Waals surface area contributed by atoms with E-state index in [1.165, 1.54) is 11.1 Å². The maximum absolute atomic E-state index is 14.0. The van der Waals surface area contributed by atoms with Gasteiger partial charge >= 0.3 is 0 Å². The number of benzene rings is 3. The Bertz CT molecular complexity index is 1440. The van der Waals surface area contributed by atoms with E-state index in [9.17, 15) is 9.59 Å². The molecule has 5 rings (SSSR count). The molecule has 0 aromatic heterocycles. The molecule has 2 aliphatic heterocycles. The fourth-order valence-corrected chi connectivity index (χ4v) is 6.10. The van der Waals surface area contributed by atoms with E-state index in [1.807, 2.05) is 60.2 Å². The molecule has 2 heterocycles. The number of likely N-dealkylation sites (N-methyl/N-ethyl adjacent to an activating group) is 1. The molecule has 3 aromatic carbocycles. The molecule has 0 aliphatic carbocycles. The number of halogens is 1. The van der Waals surface area contributed by atoms with E-state index in [1.54, 1.807) is 6.92 Å². The first-order chi connectivity index (χ1) is 20.3. The number of nitrogens with zero attached hydrogens (tertiary/aromatic N) is 2. The highest BCUT2D eigenvalue weighted by molar-refractivity contribution is 6.32. The molecule has 7 heteroatoms. The number of rotatable bonds is 10. The van der Waals surface area contributed by atoms with Crippen LogP contribution in [0.2, 0.25) is 5.02 Å². The number of aryl methyl sites for hydroxylation is 2. The average molecular weight is 586 g/mol. The molecular weight excluding hydrogens is 546 g/mol. The Balaban J connectivity index is 1.30. The number of fused-ring (bicyclic) bond motifs is 2. The van der Waals surface area contributed by atoms with Crippen LogP contribution in [0.5, 0.6) is 5.75 Å². The van der Waals surface area contributed by atoms with Gasteiger partial charge in [0, 0.05) is 45.2 Å². The Hall–Kier alpha value is -3.61. The Morgan fingerprint density at radius 1 is 1.00 bits per heavy atom. The summed E-state index contributed by atoms with van der Waals surface area (Å²) in [5, 5.41) is 4.27. The number of carbonyl (C=O) groups excluding carboxylic acids is 2. The molecule has 1 fully saturated rings. The third-order valence-electron chi connectivity index (χ3n) is 8.26. The fraction of sp³-hybridized carbons (Fsp3) is 0.371. The summed E-state index contributed by atoms with van der Waals surface area (Å²) in [6.07, 6.45) is 3.26. The lowest BCUT2D eigenvalue weighted by atomic mass is 9.82. The van der Waals surface area contributed by atoms with Crippen LogP contribution in [-0.2, 0) is 22.4 Å². The minimum Gasteiger partial charge on any atom is -0.492 e. The van der Waals surface area contributed by atoms with Crippen molar-refractivity contribution >= 4 is 29.0 Å². The number of hydrogen-bond acceptors (Lipinski definition) is 4.